The van der Waals surface area contributed by atoms with Crippen molar-refractivity contribution in [3.63, 3.8) is 0 Å². The number of nitro benzene ring substituents is 1. The molecule has 0 fully saturated rings. The number of alkyl halides is 2. The minimum atomic E-state index is -1.26. The molecule has 0 radical (unpaired) electrons. The number of benzene rings is 1. The number of nitrogens with zero attached hydrogens (tertiary/aromatic N) is 1. The average Bonchev–Trinajstić information content (AvgIpc) is 2.20. The molecule has 1 amide bonds. The summed E-state index contributed by atoms with van der Waals surface area (Å²) in [5, 5.41) is 13.0. The van der Waals surface area contributed by atoms with Gasteiger partial charge in [0, 0.05) is 6.07 Å². The van der Waals surface area contributed by atoms with Crippen molar-refractivity contribution in [2.24, 2.45) is 0 Å². The van der Waals surface area contributed by atoms with Gasteiger partial charge in [0.15, 0.2) is 4.84 Å². The number of nitrogens with one attached hydrogen (secondary N) is 1. The molecule has 0 bridgehead atoms. The van der Waals surface area contributed by atoms with Gasteiger partial charge in [-0.15, -0.1) is 0 Å². The number of amides is 1. The summed E-state index contributed by atoms with van der Waals surface area (Å²) in [6.07, 6.45) is 0. The van der Waals surface area contributed by atoms with E-state index >= 15 is 0 Å². The van der Waals surface area contributed by atoms with Crippen LogP contribution in [-0.4, -0.2) is 15.7 Å². The molecule has 0 aliphatic heterocycles. The van der Waals surface area contributed by atoms with Crippen molar-refractivity contribution in [3.8, 4) is 0 Å². The lowest BCUT2D eigenvalue weighted by Crippen LogP contribution is -2.19. The molecule has 7 heteroatoms. The number of aryl methyl sites for hydroxylation is 1. The number of carbonyl (C=O) groups excluding carboxylic acids is 1. The molecule has 86 valence electrons. The Hall–Kier alpha value is -1.33. The fourth-order valence-electron chi connectivity index (χ4n) is 1.09. The van der Waals surface area contributed by atoms with Crippen molar-refractivity contribution in [2.75, 3.05) is 5.32 Å². The molecule has 0 unspecified atom stereocenters. The summed E-state index contributed by atoms with van der Waals surface area (Å²) in [7, 11) is 0. The van der Waals surface area contributed by atoms with Gasteiger partial charge in [0.25, 0.3) is 11.6 Å². The Labute approximate surface area is 101 Å². The third-order valence-corrected chi connectivity index (χ3v) is 2.20. The number of hydrogen-bond acceptors (Lipinski definition) is 3. The number of anilines is 1. The topological polar surface area (TPSA) is 72.2 Å². The first kappa shape index (κ1) is 12.7. The molecule has 0 saturated heterocycles. The quantitative estimate of drug-likeness (QED) is 0.517. The van der Waals surface area contributed by atoms with Gasteiger partial charge in [0.2, 0.25) is 0 Å². The second-order valence-corrected chi connectivity index (χ2v) is 4.16. The van der Waals surface area contributed by atoms with E-state index in [9.17, 15) is 14.9 Å². The zero-order chi connectivity index (χ0) is 12.3. The van der Waals surface area contributed by atoms with Gasteiger partial charge in [-0.2, -0.15) is 0 Å². The van der Waals surface area contributed by atoms with Gasteiger partial charge in [-0.1, -0.05) is 29.3 Å². The minimum Gasteiger partial charge on any atom is -0.318 e. The second-order valence-electron chi connectivity index (χ2n) is 3.07. The normalized spacial score (nSPS) is 10.2. The van der Waals surface area contributed by atoms with Gasteiger partial charge in [-0.3, -0.25) is 14.9 Å². The number of carbonyl (C=O) groups is 1. The number of hydrogen-bond donors (Lipinski definition) is 1. The van der Waals surface area contributed by atoms with E-state index < -0.39 is 15.7 Å². The summed E-state index contributed by atoms with van der Waals surface area (Å²) in [6, 6.07) is 4.43. The molecule has 1 aromatic rings. The maximum atomic E-state index is 11.2. The number of halogens is 2. The zero-order valence-electron chi connectivity index (χ0n) is 8.24. The monoisotopic (exact) mass is 262 g/mol. The van der Waals surface area contributed by atoms with E-state index in [1.807, 2.05) is 0 Å². The van der Waals surface area contributed by atoms with E-state index in [0.29, 0.717) is 0 Å². The van der Waals surface area contributed by atoms with Crippen LogP contribution in [0.3, 0.4) is 0 Å². The lowest BCUT2D eigenvalue weighted by atomic mass is 10.2. The third kappa shape index (κ3) is 3.08. The number of rotatable bonds is 3. The van der Waals surface area contributed by atoms with Gasteiger partial charge in [-0.25, -0.2) is 0 Å². The Morgan fingerprint density at radius 1 is 1.50 bits per heavy atom. The fraction of sp³-hybridized carbons (Fsp3) is 0.222. The van der Waals surface area contributed by atoms with Gasteiger partial charge in [-0.05, 0) is 18.6 Å². The summed E-state index contributed by atoms with van der Waals surface area (Å²) in [6.45, 7) is 1.71. The van der Waals surface area contributed by atoms with Crippen LogP contribution < -0.4 is 5.32 Å². The first-order chi connectivity index (χ1) is 7.41. The van der Waals surface area contributed by atoms with Gasteiger partial charge < -0.3 is 5.32 Å². The van der Waals surface area contributed by atoms with Crippen molar-refractivity contribution in [1.29, 1.82) is 0 Å². The largest absolute Gasteiger partial charge is 0.318 e. The smallest absolute Gasteiger partial charge is 0.293 e. The summed E-state index contributed by atoms with van der Waals surface area (Å²) < 4.78 is 0. The van der Waals surface area contributed by atoms with Crippen LogP contribution in [0.2, 0.25) is 0 Å². The summed E-state index contributed by atoms with van der Waals surface area (Å²) >= 11 is 10.6. The van der Waals surface area contributed by atoms with E-state index in [2.05, 4.69) is 5.32 Å². The molecule has 16 heavy (non-hydrogen) atoms. The highest BCUT2D eigenvalue weighted by molar-refractivity contribution is 6.54. The maximum absolute atomic E-state index is 11.2. The predicted molar refractivity (Wildman–Crippen MR) is 62.0 cm³/mol. The van der Waals surface area contributed by atoms with Crippen LogP contribution in [0.5, 0.6) is 0 Å². The molecular formula is C9H8Cl2N2O3. The Bertz CT molecular complexity index is 435. The molecule has 1 aromatic carbocycles. The van der Waals surface area contributed by atoms with E-state index in [1.54, 1.807) is 13.0 Å². The Balaban J connectivity index is 3.04. The van der Waals surface area contributed by atoms with E-state index in [-0.39, 0.29) is 11.4 Å². The maximum Gasteiger partial charge on any atom is 0.293 e. The molecule has 1 N–H and O–H groups in total. The Kier molecular flexibility index (Phi) is 4.09. The van der Waals surface area contributed by atoms with Crippen LogP contribution in [0, 0.1) is 17.0 Å². The third-order valence-electron chi connectivity index (χ3n) is 1.81. The second kappa shape index (κ2) is 5.14. The van der Waals surface area contributed by atoms with E-state index in [4.69, 9.17) is 23.2 Å². The first-order valence-electron chi connectivity index (χ1n) is 4.26. The van der Waals surface area contributed by atoms with Crippen LogP contribution >= 0.6 is 23.2 Å². The van der Waals surface area contributed by atoms with Crippen LogP contribution in [0.4, 0.5) is 11.4 Å². The fourth-order valence-corrected chi connectivity index (χ4v) is 1.19. The van der Waals surface area contributed by atoms with Crippen LogP contribution in [0.1, 0.15) is 5.56 Å². The predicted octanol–water partition coefficient (Wildman–Crippen LogP) is 2.65. The van der Waals surface area contributed by atoms with Gasteiger partial charge in [0.05, 0.1) is 4.92 Å². The molecule has 0 aliphatic carbocycles. The number of nitro groups is 1. The molecule has 1 rings (SSSR count). The highest BCUT2D eigenvalue weighted by Gasteiger charge is 2.18. The van der Waals surface area contributed by atoms with Gasteiger partial charge >= 0.3 is 0 Å². The van der Waals surface area contributed by atoms with Crippen molar-refractivity contribution < 1.29 is 9.72 Å². The molecule has 0 aromatic heterocycles. The zero-order valence-corrected chi connectivity index (χ0v) is 9.75. The Morgan fingerprint density at radius 2 is 2.12 bits per heavy atom. The van der Waals surface area contributed by atoms with Crippen LogP contribution in [0.15, 0.2) is 18.2 Å². The molecule has 0 aliphatic rings. The van der Waals surface area contributed by atoms with Crippen molar-refractivity contribution in [3.05, 3.63) is 33.9 Å². The molecule has 0 heterocycles. The van der Waals surface area contributed by atoms with Crippen molar-refractivity contribution >= 4 is 40.5 Å². The van der Waals surface area contributed by atoms with Crippen LogP contribution in [0.25, 0.3) is 0 Å². The van der Waals surface area contributed by atoms with Crippen molar-refractivity contribution in [1.82, 2.24) is 0 Å². The highest BCUT2D eigenvalue weighted by atomic mass is 35.5. The lowest BCUT2D eigenvalue weighted by Gasteiger charge is -2.06. The lowest BCUT2D eigenvalue weighted by molar-refractivity contribution is -0.384. The Morgan fingerprint density at radius 3 is 2.62 bits per heavy atom. The molecular weight excluding hydrogens is 255 g/mol. The SMILES string of the molecule is Cc1ccc(NC(=O)C(Cl)Cl)c([N+](=O)[O-])c1. The summed E-state index contributed by atoms with van der Waals surface area (Å²) in [5.41, 5.74) is 0.604. The van der Waals surface area contributed by atoms with Gasteiger partial charge in [0.1, 0.15) is 5.69 Å². The molecule has 5 nitrogen and oxygen atoms in total. The van der Waals surface area contributed by atoms with E-state index in [1.165, 1.54) is 12.1 Å². The summed E-state index contributed by atoms with van der Waals surface area (Å²) in [5.74, 6) is -0.699. The standard InChI is InChI=1S/C9H8Cl2N2O3/c1-5-2-3-6(7(4-5)13(15)16)12-9(14)8(10)11/h2-4,8H,1H3,(H,12,14). The molecule has 0 atom stereocenters. The minimum absolute atomic E-state index is 0.0758. The van der Waals surface area contributed by atoms with Crippen LogP contribution in [-0.2, 0) is 4.79 Å². The highest BCUT2D eigenvalue weighted by Crippen LogP contribution is 2.25. The van der Waals surface area contributed by atoms with E-state index in [0.717, 1.165) is 5.56 Å². The first-order valence-corrected chi connectivity index (χ1v) is 5.13. The summed E-state index contributed by atoms with van der Waals surface area (Å²) in [4.78, 5) is 20.0. The molecule has 0 spiro atoms. The average molecular weight is 263 g/mol. The van der Waals surface area contributed by atoms with Crippen molar-refractivity contribution in [2.45, 2.75) is 11.8 Å². The molecule has 0 saturated carbocycles.